The molecule has 0 radical (unpaired) electrons. The summed E-state index contributed by atoms with van der Waals surface area (Å²) in [5, 5.41) is 0. The lowest BCUT2D eigenvalue weighted by Gasteiger charge is -2.18. The molecule has 5 nitrogen and oxygen atoms in total. The van der Waals surface area contributed by atoms with E-state index in [4.69, 9.17) is 5.73 Å². The predicted octanol–water partition coefficient (Wildman–Crippen LogP) is 0.912. The second-order valence-electron chi connectivity index (χ2n) is 5.73. The molecule has 1 saturated carbocycles. The van der Waals surface area contributed by atoms with E-state index in [0.717, 1.165) is 38.0 Å². The van der Waals surface area contributed by atoms with Crippen LogP contribution in [0.4, 0.5) is 5.69 Å². The molecule has 1 aromatic carbocycles. The van der Waals surface area contributed by atoms with Crippen molar-refractivity contribution in [3.05, 3.63) is 24.3 Å². The molecule has 1 saturated heterocycles. The Labute approximate surface area is 120 Å². The summed E-state index contributed by atoms with van der Waals surface area (Å²) in [7, 11) is -3.34. The Morgan fingerprint density at radius 1 is 1.20 bits per heavy atom. The summed E-state index contributed by atoms with van der Waals surface area (Å²) in [5.41, 5.74) is 6.77. The fourth-order valence-electron chi connectivity index (χ4n) is 2.58. The largest absolute Gasteiger partial charge is 0.371 e. The highest BCUT2D eigenvalue weighted by molar-refractivity contribution is 7.89. The smallest absolute Gasteiger partial charge is 0.240 e. The van der Waals surface area contributed by atoms with Crippen LogP contribution >= 0.6 is 0 Å². The molecule has 1 unspecified atom stereocenters. The van der Waals surface area contributed by atoms with Crippen molar-refractivity contribution in [2.24, 2.45) is 11.7 Å². The lowest BCUT2D eigenvalue weighted by atomic mass is 10.1. The minimum atomic E-state index is -3.34. The van der Waals surface area contributed by atoms with Gasteiger partial charge in [0.1, 0.15) is 0 Å². The van der Waals surface area contributed by atoms with Crippen LogP contribution in [-0.4, -0.2) is 34.1 Å². The molecule has 0 aromatic heterocycles. The van der Waals surface area contributed by atoms with Crippen LogP contribution in [0.3, 0.4) is 0 Å². The zero-order valence-electron chi connectivity index (χ0n) is 11.5. The average molecular weight is 295 g/mol. The van der Waals surface area contributed by atoms with Crippen molar-refractivity contribution in [1.29, 1.82) is 0 Å². The van der Waals surface area contributed by atoms with Gasteiger partial charge in [0.2, 0.25) is 10.0 Å². The molecule has 2 fully saturated rings. The van der Waals surface area contributed by atoms with Crippen molar-refractivity contribution in [2.45, 2.75) is 30.2 Å². The number of benzene rings is 1. The van der Waals surface area contributed by atoms with Gasteiger partial charge in [0.05, 0.1) is 4.90 Å². The second-order valence-corrected chi connectivity index (χ2v) is 7.44. The van der Waals surface area contributed by atoms with E-state index < -0.39 is 10.0 Å². The van der Waals surface area contributed by atoms with Crippen molar-refractivity contribution in [3.8, 4) is 0 Å². The molecule has 2 aliphatic rings. The quantitative estimate of drug-likeness (QED) is 0.847. The molecule has 0 amide bonds. The van der Waals surface area contributed by atoms with E-state index in [1.165, 1.54) is 0 Å². The zero-order chi connectivity index (χ0) is 14.2. The van der Waals surface area contributed by atoms with Crippen LogP contribution in [0.1, 0.15) is 19.3 Å². The van der Waals surface area contributed by atoms with Gasteiger partial charge >= 0.3 is 0 Å². The molecule has 1 aromatic rings. The Hall–Kier alpha value is -1.11. The maximum absolute atomic E-state index is 12.1. The predicted molar refractivity (Wildman–Crippen MR) is 79.2 cm³/mol. The third kappa shape index (κ3) is 2.97. The number of nitrogens with one attached hydrogen (secondary N) is 1. The van der Waals surface area contributed by atoms with Gasteiger partial charge in [-0.3, -0.25) is 0 Å². The highest BCUT2D eigenvalue weighted by atomic mass is 32.2. The van der Waals surface area contributed by atoms with Crippen molar-refractivity contribution in [3.63, 3.8) is 0 Å². The molecule has 3 N–H and O–H groups in total. The first-order chi connectivity index (χ1) is 9.58. The molecule has 0 bridgehead atoms. The normalized spacial score (nSPS) is 23.2. The maximum atomic E-state index is 12.1. The fourth-order valence-corrected chi connectivity index (χ4v) is 3.89. The third-order valence-corrected chi connectivity index (χ3v) is 5.57. The topological polar surface area (TPSA) is 75.4 Å². The van der Waals surface area contributed by atoms with Crippen LogP contribution in [0, 0.1) is 5.92 Å². The SMILES string of the molecule is NCC1CCN(c2ccc(S(=O)(=O)NC3CC3)cc2)C1. The van der Waals surface area contributed by atoms with Crippen molar-refractivity contribution in [2.75, 3.05) is 24.5 Å². The van der Waals surface area contributed by atoms with Crippen LogP contribution in [0.5, 0.6) is 0 Å². The van der Waals surface area contributed by atoms with Crippen LogP contribution in [-0.2, 0) is 10.0 Å². The Morgan fingerprint density at radius 3 is 2.45 bits per heavy atom. The van der Waals surface area contributed by atoms with Gasteiger partial charge in [-0.25, -0.2) is 13.1 Å². The number of nitrogens with two attached hydrogens (primary N) is 1. The minimum Gasteiger partial charge on any atom is -0.371 e. The van der Waals surface area contributed by atoms with Crippen molar-refractivity contribution < 1.29 is 8.42 Å². The highest BCUT2D eigenvalue weighted by Gasteiger charge is 2.28. The number of anilines is 1. The number of sulfonamides is 1. The standard InChI is InChI=1S/C14H21N3O2S/c15-9-11-7-8-17(10-11)13-3-5-14(6-4-13)20(18,19)16-12-1-2-12/h3-6,11-12,16H,1-2,7-10,15H2. The lowest BCUT2D eigenvalue weighted by Crippen LogP contribution is -2.26. The molecule has 6 heteroatoms. The van der Waals surface area contributed by atoms with Crippen LogP contribution in [0.2, 0.25) is 0 Å². The zero-order valence-corrected chi connectivity index (χ0v) is 12.3. The molecule has 20 heavy (non-hydrogen) atoms. The van der Waals surface area contributed by atoms with Gasteiger partial charge in [0, 0.05) is 24.8 Å². The first kappa shape index (κ1) is 13.9. The van der Waals surface area contributed by atoms with Gasteiger partial charge in [-0.1, -0.05) is 0 Å². The van der Waals surface area contributed by atoms with Gasteiger partial charge in [-0.05, 0) is 56.0 Å². The molecule has 1 heterocycles. The van der Waals surface area contributed by atoms with Crippen molar-refractivity contribution >= 4 is 15.7 Å². The summed E-state index contributed by atoms with van der Waals surface area (Å²) in [5.74, 6) is 0.551. The highest BCUT2D eigenvalue weighted by Crippen LogP contribution is 2.26. The van der Waals surface area contributed by atoms with Crippen LogP contribution < -0.4 is 15.4 Å². The molecule has 1 aliphatic carbocycles. The first-order valence-electron chi connectivity index (χ1n) is 7.16. The van der Waals surface area contributed by atoms with E-state index in [1.54, 1.807) is 12.1 Å². The molecule has 3 rings (SSSR count). The molecular formula is C14H21N3O2S. The van der Waals surface area contributed by atoms with E-state index in [2.05, 4.69) is 9.62 Å². The summed E-state index contributed by atoms with van der Waals surface area (Å²) in [6.45, 7) is 2.67. The van der Waals surface area contributed by atoms with Crippen LogP contribution in [0.25, 0.3) is 0 Å². The summed E-state index contributed by atoms with van der Waals surface area (Å²) >= 11 is 0. The van der Waals surface area contributed by atoms with E-state index >= 15 is 0 Å². The van der Waals surface area contributed by atoms with Crippen LogP contribution in [0.15, 0.2) is 29.2 Å². The first-order valence-corrected chi connectivity index (χ1v) is 8.64. The van der Waals surface area contributed by atoms with Gasteiger partial charge in [0.15, 0.2) is 0 Å². The monoisotopic (exact) mass is 295 g/mol. The number of rotatable bonds is 5. The number of hydrogen-bond donors (Lipinski definition) is 2. The van der Waals surface area contributed by atoms with Gasteiger partial charge in [-0.15, -0.1) is 0 Å². The molecule has 0 spiro atoms. The van der Waals surface area contributed by atoms with E-state index in [0.29, 0.717) is 17.4 Å². The lowest BCUT2D eigenvalue weighted by molar-refractivity contribution is 0.581. The summed E-state index contributed by atoms with van der Waals surface area (Å²) in [6.07, 6.45) is 3.01. The summed E-state index contributed by atoms with van der Waals surface area (Å²) in [4.78, 5) is 2.62. The van der Waals surface area contributed by atoms with Gasteiger partial charge in [0.25, 0.3) is 0 Å². The molecule has 1 atom stereocenters. The molecule has 110 valence electrons. The fraction of sp³-hybridized carbons (Fsp3) is 0.571. The third-order valence-electron chi connectivity index (χ3n) is 4.03. The molecular weight excluding hydrogens is 274 g/mol. The Kier molecular flexibility index (Phi) is 3.70. The van der Waals surface area contributed by atoms with Gasteiger partial charge < -0.3 is 10.6 Å². The van der Waals surface area contributed by atoms with Gasteiger partial charge in [-0.2, -0.15) is 0 Å². The van der Waals surface area contributed by atoms with E-state index in [9.17, 15) is 8.42 Å². The Bertz CT molecular complexity index is 567. The summed E-state index contributed by atoms with van der Waals surface area (Å²) < 4.78 is 26.8. The number of nitrogens with zero attached hydrogens (tertiary/aromatic N) is 1. The van der Waals surface area contributed by atoms with E-state index in [-0.39, 0.29) is 6.04 Å². The van der Waals surface area contributed by atoms with E-state index in [1.807, 2.05) is 12.1 Å². The minimum absolute atomic E-state index is 0.142. The second kappa shape index (κ2) is 5.35. The summed E-state index contributed by atoms with van der Waals surface area (Å²) in [6, 6.07) is 7.30. The Morgan fingerprint density at radius 2 is 1.90 bits per heavy atom. The number of hydrogen-bond acceptors (Lipinski definition) is 4. The average Bonchev–Trinajstić information content (AvgIpc) is 3.11. The Balaban J connectivity index is 1.71. The van der Waals surface area contributed by atoms with Crippen molar-refractivity contribution in [1.82, 2.24) is 4.72 Å². The maximum Gasteiger partial charge on any atom is 0.240 e. The molecule has 1 aliphatic heterocycles.